The maximum Gasteiger partial charge on any atom is 0.0528 e. The highest BCUT2D eigenvalue weighted by molar-refractivity contribution is 5.01. The Hall–Kier alpha value is -0.120. The molecule has 104 valence electrons. The van der Waals surface area contributed by atoms with Crippen molar-refractivity contribution in [3.05, 3.63) is 0 Å². The van der Waals surface area contributed by atoms with Crippen LogP contribution in [-0.2, 0) is 4.74 Å². The molecular weight excluding hydrogens is 224 g/mol. The molecule has 0 aromatic carbocycles. The summed E-state index contributed by atoms with van der Waals surface area (Å²) in [5.41, 5.74) is 1.03. The van der Waals surface area contributed by atoms with Gasteiger partial charge in [-0.15, -0.1) is 0 Å². The zero-order valence-corrected chi connectivity index (χ0v) is 12.2. The van der Waals surface area contributed by atoms with Crippen molar-refractivity contribution >= 4 is 0 Å². The summed E-state index contributed by atoms with van der Waals surface area (Å²) in [6.07, 6.45) is 2.82. The van der Waals surface area contributed by atoms with Crippen molar-refractivity contribution in [3.63, 3.8) is 0 Å². The fourth-order valence-electron chi connectivity index (χ4n) is 3.52. The molecule has 0 aromatic heterocycles. The van der Waals surface area contributed by atoms with Crippen LogP contribution in [0.15, 0.2) is 0 Å². The zero-order chi connectivity index (χ0) is 12.8. The lowest BCUT2D eigenvalue weighted by Crippen LogP contribution is -2.65. The molecule has 3 nitrogen and oxygen atoms in total. The minimum Gasteiger partial charge on any atom is -0.381 e. The molecule has 0 radical (unpaired) electrons. The molecule has 0 aliphatic carbocycles. The van der Waals surface area contributed by atoms with Crippen LogP contribution in [0.25, 0.3) is 0 Å². The molecule has 0 atom stereocenters. The van der Waals surface area contributed by atoms with Gasteiger partial charge in [0.15, 0.2) is 0 Å². The summed E-state index contributed by atoms with van der Waals surface area (Å²) in [6.45, 7) is 15.6. The Labute approximate surface area is 111 Å². The van der Waals surface area contributed by atoms with Crippen LogP contribution in [0.5, 0.6) is 0 Å². The molecule has 0 saturated carbocycles. The second kappa shape index (κ2) is 4.46. The van der Waals surface area contributed by atoms with E-state index in [0.717, 1.165) is 19.1 Å². The number of likely N-dealkylation sites (tertiary alicyclic amines) is 2. The number of rotatable bonds is 2. The van der Waals surface area contributed by atoms with E-state index in [2.05, 4.69) is 30.6 Å². The topological polar surface area (TPSA) is 15.7 Å². The number of hydrogen-bond acceptors (Lipinski definition) is 3. The van der Waals surface area contributed by atoms with Crippen molar-refractivity contribution in [1.29, 1.82) is 0 Å². The molecule has 0 N–H and O–H groups in total. The minimum absolute atomic E-state index is 0.367. The van der Waals surface area contributed by atoms with E-state index < -0.39 is 0 Å². The van der Waals surface area contributed by atoms with E-state index in [1.807, 2.05) is 0 Å². The van der Waals surface area contributed by atoms with Gasteiger partial charge in [-0.1, -0.05) is 0 Å². The van der Waals surface area contributed by atoms with E-state index >= 15 is 0 Å². The largest absolute Gasteiger partial charge is 0.381 e. The van der Waals surface area contributed by atoms with Crippen molar-refractivity contribution in [2.24, 2.45) is 11.3 Å². The van der Waals surface area contributed by atoms with Gasteiger partial charge in [0.2, 0.25) is 0 Å². The average Bonchev–Trinajstić information content (AvgIpc) is 2.20. The molecule has 18 heavy (non-hydrogen) atoms. The predicted molar refractivity (Wildman–Crippen MR) is 73.7 cm³/mol. The van der Waals surface area contributed by atoms with E-state index in [0.29, 0.717) is 11.0 Å². The lowest BCUT2D eigenvalue weighted by Gasteiger charge is -2.58. The second-order valence-corrected chi connectivity index (χ2v) is 7.73. The van der Waals surface area contributed by atoms with Gasteiger partial charge in [0.05, 0.1) is 13.2 Å². The van der Waals surface area contributed by atoms with Gasteiger partial charge in [-0.05, 0) is 52.1 Å². The Bertz CT molecular complexity index is 290. The van der Waals surface area contributed by atoms with Crippen molar-refractivity contribution < 1.29 is 4.74 Å². The van der Waals surface area contributed by atoms with Crippen molar-refractivity contribution in [2.75, 3.05) is 45.9 Å². The van der Waals surface area contributed by atoms with E-state index in [-0.39, 0.29) is 0 Å². The van der Waals surface area contributed by atoms with Gasteiger partial charge in [0.25, 0.3) is 0 Å². The minimum atomic E-state index is 0.367. The molecule has 3 saturated heterocycles. The van der Waals surface area contributed by atoms with Crippen LogP contribution >= 0.6 is 0 Å². The van der Waals surface area contributed by atoms with Gasteiger partial charge in [0.1, 0.15) is 0 Å². The summed E-state index contributed by atoms with van der Waals surface area (Å²) in [7, 11) is 0. The van der Waals surface area contributed by atoms with Gasteiger partial charge in [-0.25, -0.2) is 0 Å². The quantitative estimate of drug-likeness (QED) is 0.746. The van der Waals surface area contributed by atoms with Crippen molar-refractivity contribution in [3.8, 4) is 0 Å². The smallest absolute Gasteiger partial charge is 0.0528 e. The number of ether oxygens (including phenoxy) is 1. The summed E-state index contributed by atoms with van der Waals surface area (Å²) in [6, 6.07) is 0. The summed E-state index contributed by atoms with van der Waals surface area (Å²) in [5.74, 6) is 0.825. The number of nitrogens with zero attached hydrogens (tertiary/aromatic N) is 2. The maximum atomic E-state index is 5.27. The number of piperidine rings is 1. The standard InChI is InChI=1S/C15H28N2O/c1-14(2,3)17-11-15(12-17)4-6-16(7-5-15)8-13-9-18-10-13/h13H,4-12H2,1-3H3. The van der Waals surface area contributed by atoms with Crippen molar-refractivity contribution in [2.45, 2.75) is 39.2 Å². The summed E-state index contributed by atoms with van der Waals surface area (Å²) >= 11 is 0. The van der Waals surface area contributed by atoms with Gasteiger partial charge in [0, 0.05) is 31.1 Å². The third kappa shape index (κ3) is 2.45. The molecule has 3 rings (SSSR count). The Balaban J connectivity index is 1.43. The summed E-state index contributed by atoms with van der Waals surface area (Å²) in [4.78, 5) is 5.31. The number of hydrogen-bond donors (Lipinski definition) is 0. The van der Waals surface area contributed by atoms with Gasteiger partial charge >= 0.3 is 0 Å². The molecule has 0 amide bonds. The van der Waals surface area contributed by atoms with Gasteiger partial charge in [-0.3, -0.25) is 4.90 Å². The Kier molecular flexibility index (Phi) is 3.20. The highest BCUT2D eigenvalue weighted by Gasteiger charge is 2.47. The lowest BCUT2D eigenvalue weighted by molar-refractivity contribution is -0.100. The highest BCUT2D eigenvalue weighted by atomic mass is 16.5. The molecule has 3 fully saturated rings. The van der Waals surface area contributed by atoms with Crippen LogP contribution in [0.1, 0.15) is 33.6 Å². The molecular formula is C15H28N2O. The Morgan fingerprint density at radius 3 is 2.17 bits per heavy atom. The monoisotopic (exact) mass is 252 g/mol. The summed E-state index contributed by atoms with van der Waals surface area (Å²) in [5, 5.41) is 0. The first-order chi connectivity index (χ1) is 8.47. The van der Waals surface area contributed by atoms with Crippen molar-refractivity contribution in [1.82, 2.24) is 9.80 Å². The van der Waals surface area contributed by atoms with Crippen LogP contribution in [-0.4, -0.2) is 61.3 Å². The molecule has 3 aliphatic heterocycles. The zero-order valence-electron chi connectivity index (χ0n) is 12.2. The van der Waals surface area contributed by atoms with E-state index in [1.165, 1.54) is 45.6 Å². The van der Waals surface area contributed by atoms with E-state index in [4.69, 9.17) is 4.74 Å². The first-order valence-corrected chi connectivity index (χ1v) is 7.52. The lowest BCUT2D eigenvalue weighted by atomic mass is 9.70. The first kappa shape index (κ1) is 12.9. The van der Waals surface area contributed by atoms with E-state index in [1.54, 1.807) is 0 Å². The van der Waals surface area contributed by atoms with Crippen LogP contribution in [0.3, 0.4) is 0 Å². The van der Waals surface area contributed by atoms with Crippen LogP contribution in [0.4, 0.5) is 0 Å². The highest BCUT2D eigenvalue weighted by Crippen LogP contribution is 2.43. The van der Waals surface area contributed by atoms with Crippen LogP contribution < -0.4 is 0 Å². The third-order valence-corrected chi connectivity index (χ3v) is 5.14. The Morgan fingerprint density at radius 2 is 1.72 bits per heavy atom. The molecule has 3 aliphatic rings. The first-order valence-electron chi connectivity index (χ1n) is 7.52. The molecule has 3 heteroatoms. The SMILES string of the molecule is CC(C)(C)N1CC2(CCN(CC3COC3)CC2)C1. The van der Waals surface area contributed by atoms with Crippen LogP contribution in [0, 0.1) is 11.3 Å². The van der Waals surface area contributed by atoms with Crippen LogP contribution in [0.2, 0.25) is 0 Å². The molecule has 1 spiro atoms. The van der Waals surface area contributed by atoms with E-state index in [9.17, 15) is 0 Å². The second-order valence-electron chi connectivity index (χ2n) is 7.73. The molecule has 3 heterocycles. The fraction of sp³-hybridized carbons (Fsp3) is 1.00. The van der Waals surface area contributed by atoms with Gasteiger partial charge < -0.3 is 9.64 Å². The molecule has 0 unspecified atom stereocenters. The summed E-state index contributed by atoms with van der Waals surface area (Å²) < 4.78 is 5.27. The fourth-order valence-corrected chi connectivity index (χ4v) is 3.52. The average molecular weight is 252 g/mol. The predicted octanol–water partition coefficient (Wildman–Crippen LogP) is 1.83. The van der Waals surface area contributed by atoms with Gasteiger partial charge in [-0.2, -0.15) is 0 Å². The molecule has 0 aromatic rings. The maximum absolute atomic E-state index is 5.27. The Morgan fingerprint density at radius 1 is 1.11 bits per heavy atom. The molecule has 0 bridgehead atoms. The normalized spacial score (nSPS) is 30.2. The third-order valence-electron chi connectivity index (χ3n) is 5.14.